The lowest BCUT2D eigenvalue weighted by Crippen LogP contribution is -2.03. The Kier molecular flexibility index (Phi) is 4.15. The van der Waals surface area contributed by atoms with Crippen LogP contribution in [0.4, 0.5) is 5.82 Å². The molecule has 0 atom stereocenters. The van der Waals surface area contributed by atoms with Crippen molar-refractivity contribution in [1.29, 1.82) is 0 Å². The zero-order valence-corrected chi connectivity index (χ0v) is 11.9. The van der Waals surface area contributed by atoms with Crippen molar-refractivity contribution in [2.75, 3.05) is 12.4 Å². The Labute approximate surface area is 115 Å². The van der Waals surface area contributed by atoms with Crippen molar-refractivity contribution in [3.63, 3.8) is 0 Å². The molecule has 4 nitrogen and oxygen atoms in total. The van der Waals surface area contributed by atoms with Crippen LogP contribution < -0.4 is 10.1 Å². The van der Waals surface area contributed by atoms with Crippen LogP contribution in [0.1, 0.15) is 11.1 Å². The molecular weight excluding hydrogens is 294 g/mol. The van der Waals surface area contributed by atoms with Gasteiger partial charge in [-0.05, 0) is 46.1 Å². The molecule has 0 unspecified atom stereocenters. The Bertz CT molecular complexity index is 546. The third-order valence-electron chi connectivity index (χ3n) is 2.55. The lowest BCUT2D eigenvalue weighted by Gasteiger charge is -2.09. The summed E-state index contributed by atoms with van der Waals surface area (Å²) < 4.78 is 6.08. The molecule has 0 aliphatic carbocycles. The van der Waals surface area contributed by atoms with Crippen LogP contribution in [0, 0.1) is 6.92 Å². The van der Waals surface area contributed by atoms with Gasteiger partial charge in [0.2, 0.25) is 5.88 Å². The minimum atomic E-state index is 0.616. The van der Waals surface area contributed by atoms with Crippen LogP contribution in [0.15, 0.2) is 35.1 Å². The molecule has 2 aromatic rings. The van der Waals surface area contributed by atoms with Crippen molar-refractivity contribution < 1.29 is 4.74 Å². The number of rotatable bonds is 4. The largest absolute Gasteiger partial charge is 0.481 e. The monoisotopic (exact) mass is 307 g/mol. The Balaban J connectivity index is 2.09. The number of aryl methyl sites for hydroxylation is 1. The van der Waals surface area contributed by atoms with E-state index in [1.54, 1.807) is 19.5 Å². The van der Waals surface area contributed by atoms with Crippen molar-refractivity contribution in [2.45, 2.75) is 13.5 Å². The third kappa shape index (κ3) is 2.98. The van der Waals surface area contributed by atoms with Gasteiger partial charge in [-0.25, -0.2) is 9.97 Å². The summed E-state index contributed by atoms with van der Waals surface area (Å²) in [5.74, 6) is 1.45. The molecule has 0 saturated carbocycles. The fourth-order valence-corrected chi connectivity index (χ4v) is 1.90. The molecular formula is C13H14BrN3O. The van der Waals surface area contributed by atoms with E-state index in [1.165, 1.54) is 0 Å². The second-order valence-corrected chi connectivity index (χ2v) is 4.64. The fourth-order valence-electron chi connectivity index (χ4n) is 1.52. The maximum atomic E-state index is 5.09. The summed E-state index contributed by atoms with van der Waals surface area (Å²) in [4.78, 5) is 8.36. The van der Waals surface area contributed by atoms with Crippen LogP contribution in [-0.4, -0.2) is 17.1 Å². The highest BCUT2D eigenvalue weighted by Gasteiger charge is 2.04. The molecule has 0 fully saturated rings. The van der Waals surface area contributed by atoms with Gasteiger partial charge in [0.05, 0.1) is 11.6 Å². The maximum absolute atomic E-state index is 5.09. The summed E-state index contributed by atoms with van der Waals surface area (Å²) >= 11 is 3.52. The highest BCUT2D eigenvalue weighted by Crippen LogP contribution is 2.23. The number of hydrogen-bond acceptors (Lipinski definition) is 4. The summed E-state index contributed by atoms with van der Waals surface area (Å²) in [6, 6.07) is 5.81. The second-order valence-electron chi connectivity index (χ2n) is 3.85. The number of aromatic nitrogens is 2. The molecule has 2 heterocycles. The van der Waals surface area contributed by atoms with Crippen LogP contribution in [0.2, 0.25) is 0 Å². The highest BCUT2D eigenvalue weighted by molar-refractivity contribution is 9.10. The van der Waals surface area contributed by atoms with Crippen molar-refractivity contribution >= 4 is 21.7 Å². The Morgan fingerprint density at radius 1 is 1.28 bits per heavy atom. The maximum Gasteiger partial charge on any atom is 0.213 e. The van der Waals surface area contributed by atoms with Crippen molar-refractivity contribution in [2.24, 2.45) is 0 Å². The number of ether oxygens (including phenoxy) is 1. The fraction of sp³-hybridized carbons (Fsp3) is 0.231. The van der Waals surface area contributed by atoms with E-state index in [0.717, 1.165) is 21.4 Å². The number of methoxy groups -OCH3 is 1. The predicted molar refractivity (Wildman–Crippen MR) is 74.8 cm³/mol. The van der Waals surface area contributed by atoms with E-state index in [2.05, 4.69) is 31.2 Å². The molecule has 94 valence electrons. The van der Waals surface area contributed by atoms with Crippen LogP contribution in [0.25, 0.3) is 0 Å². The highest BCUT2D eigenvalue weighted by atomic mass is 79.9. The minimum absolute atomic E-state index is 0.616. The Morgan fingerprint density at radius 2 is 2.06 bits per heavy atom. The van der Waals surface area contributed by atoms with E-state index < -0.39 is 0 Å². The lowest BCUT2D eigenvalue weighted by atomic mass is 10.2. The quantitative estimate of drug-likeness (QED) is 0.942. The SMILES string of the molecule is COc1cc(CNc2nccc(C)c2Br)ccn1. The van der Waals surface area contributed by atoms with Gasteiger partial charge in [-0.1, -0.05) is 0 Å². The number of nitrogens with one attached hydrogen (secondary N) is 1. The van der Waals surface area contributed by atoms with Gasteiger partial charge in [0, 0.05) is 25.0 Å². The first-order valence-corrected chi connectivity index (χ1v) is 6.34. The van der Waals surface area contributed by atoms with Crippen molar-refractivity contribution in [3.8, 4) is 5.88 Å². The summed E-state index contributed by atoms with van der Waals surface area (Å²) in [7, 11) is 1.61. The Morgan fingerprint density at radius 3 is 2.83 bits per heavy atom. The van der Waals surface area contributed by atoms with E-state index >= 15 is 0 Å². The average Bonchev–Trinajstić information content (AvgIpc) is 2.41. The molecule has 0 radical (unpaired) electrons. The van der Waals surface area contributed by atoms with E-state index in [9.17, 15) is 0 Å². The van der Waals surface area contributed by atoms with Gasteiger partial charge in [0.15, 0.2) is 0 Å². The number of hydrogen-bond donors (Lipinski definition) is 1. The molecule has 2 aromatic heterocycles. The minimum Gasteiger partial charge on any atom is -0.481 e. The van der Waals surface area contributed by atoms with Crippen molar-refractivity contribution in [3.05, 3.63) is 46.2 Å². The number of pyridine rings is 2. The molecule has 0 amide bonds. The smallest absolute Gasteiger partial charge is 0.213 e. The molecule has 0 spiro atoms. The zero-order valence-electron chi connectivity index (χ0n) is 10.3. The molecule has 5 heteroatoms. The van der Waals surface area contributed by atoms with Gasteiger partial charge in [-0.3, -0.25) is 0 Å². The van der Waals surface area contributed by atoms with E-state index in [-0.39, 0.29) is 0 Å². The number of nitrogens with zero attached hydrogens (tertiary/aromatic N) is 2. The van der Waals surface area contributed by atoms with Gasteiger partial charge in [0.1, 0.15) is 5.82 Å². The summed E-state index contributed by atoms with van der Waals surface area (Å²) in [6.45, 7) is 2.71. The van der Waals surface area contributed by atoms with E-state index in [0.29, 0.717) is 12.4 Å². The molecule has 0 aromatic carbocycles. The standard InChI is InChI=1S/C13H14BrN3O/c1-9-3-5-16-13(12(9)14)17-8-10-4-6-15-11(7-10)18-2/h3-7H,8H2,1-2H3,(H,16,17). The van der Waals surface area contributed by atoms with Gasteiger partial charge in [-0.2, -0.15) is 0 Å². The van der Waals surface area contributed by atoms with Crippen molar-refractivity contribution in [1.82, 2.24) is 9.97 Å². The number of anilines is 1. The summed E-state index contributed by atoms with van der Waals surface area (Å²) in [5, 5.41) is 3.28. The summed E-state index contributed by atoms with van der Waals surface area (Å²) in [6.07, 6.45) is 3.52. The first kappa shape index (κ1) is 12.8. The van der Waals surface area contributed by atoms with Gasteiger partial charge < -0.3 is 10.1 Å². The van der Waals surface area contributed by atoms with Crippen LogP contribution in [-0.2, 0) is 6.54 Å². The molecule has 1 N–H and O–H groups in total. The van der Waals surface area contributed by atoms with Gasteiger partial charge in [-0.15, -0.1) is 0 Å². The molecule has 0 saturated heterocycles. The van der Waals surface area contributed by atoms with Gasteiger partial charge in [0.25, 0.3) is 0 Å². The number of halogens is 1. The Hall–Kier alpha value is -1.62. The van der Waals surface area contributed by atoms with Crippen LogP contribution in [0.3, 0.4) is 0 Å². The third-order valence-corrected chi connectivity index (χ3v) is 3.55. The molecule has 2 rings (SSSR count). The summed E-state index contributed by atoms with van der Waals surface area (Å²) in [5.41, 5.74) is 2.25. The van der Waals surface area contributed by atoms with Crippen LogP contribution >= 0.6 is 15.9 Å². The average molecular weight is 308 g/mol. The first-order valence-electron chi connectivity index (χ1n) is 5.54. The predicted octanol–water partition coefficient (Wildman–Crippen LogP) is 3.17. The molecule has 0 aliphatic rings. The lowest BCUT2D eigenvalue weighted by molar-refractivity contribution is 0.397. The first-order chi connectivity index (χ1) is 8.70. The van der Waals surface area contributed by atoms with Gasteiger partial charge >= 0.3 is 0 Å². The van der Waals surface area contributed by atoms with E-state index in [4.69, 9.17) is 4.74 Å². The molecule has 0 aliphatic heterocycles. The van der Waals surface area contributed by atoms with E-state index in [1.807, 2.05) is 25.1 Å². The normalized spacial score (nSPS) is 10.2. The zero-order chi connectivity index (χ0) is 13.0. The second kappa shape index (κ2) is 5.82. The molecule has 18 heavy (non-hydrogen) atoms. The topological polar surface area (TPSA) is 47.0 Å². The van der Waals surface area contributed by atoms with Crippen LogP contribution in [0.5, 0.6) is 5.88 Å². The molecule has 0 bridgehead atoms.